The van der Waals surface area contributed by atoms with Crippen LogP contribution in [0, 0.1) is 0 Å². The van der Waals surface area contributed by atoms with Crippen LogP contribution in [0.1, 0.15) is 35.5 Å². The Labute approximate surface area is 231 Å². The maximum atomic E-state index is 13.4. The van der Waals surface area contributed by atoms with Crippen molar-refractivity contribution in [1.82, 2.24) is 20.0 Å². The van der Waals surface area contributed by atoms with Crippen LogP contribution in [0.5, 0.6) is 0 Å². The Morgan fingerprint density at radius 3 is 2.68 bits per heavy atom. The number of hydrogen-bond donors (Lipinski definition) is 1. The van der Waals surface area contributed by atoms with Gasteiger partial charge in [-0.05, 0) is 43.2 Å². The molecule has 2 aromatic rings. The topological polar surface area (TPSA) is 95.3 Å². The molecular weight excluding hydrogens is 531 g/mol. The van der Waals surface area contributed by atoms with Crippen LogP contribution >= 0.6 is 23.2 Å². The molecule has 2 aliphatic rings. The fraction of sp³-hybridized carbons (Fsp3) is 0.370. The number of urea groups is 1. The van der Waals surface area contributed by atoms with Gasteiger partial charge in [-0.25, -0.2) is 9.59 Å². The number of ether oxygens (including phenoxy) is 1. The van der Waals surface area contributed by atoms with Crippen molar-refractivity contribution in [3.05, 3.63) is 81.9 Å². The molecule has 11 heteroatoms. The average molecular weight is 561 g/mol. The zero-order valence-corrected chi connectivity index (χ0v) is 22.6. The first-order valence-electron chi connectivity index (χ1n) is 12.4. The number of halogens is 2. The Hall–Kier alpha value is -3.27. The number of amides is 3. The lowest BCUT2D eigenvalue weighted by molar-refractivity contribution is -0.139. The highest BCUT2D eigenvalue weighted by molar-refractivity contribution is 6.42. The second-order valence-corrected chi connectivity index (χ2v) is 9.75. The number of nitrogens with one attached hydrogen (secondary N) is 1. The Morgan fingerprint density at radius 2 is 2.00 bits per heavy atom. The van der Waals surface area contributed by atoms with Gasteiger partial charge in [-0.3, -0.25) is 14.6 Å². The predicted molar refractivity (Wildman–Crippen MR) is 144 cm³/mol. The fourth-order valence-corrected chi connectivity index (χ4v) is 4.99. The van der Waals surface area contributed by atoms with E-state index in [1.807, 2.05) is 0 Å². The van der Waals surface area contributed by atoms with Crippen LogP contribution in [0.15, 0.2) is 64.9 Å². The molecule has 1 N–H and O–H groups in total. The molecular formula is C27H30Cl2N4O5. The second kappa shape index (κ2) is 12.5. The molecule has 0 saturated carbocycles. The lowest BCUT2D eigenvalue weighted by Crippen LogP contribution is -2.51. The molecule has 1 saturated heterocycles. The molecule has 3 heterocycles. The second-order valence-electron chi connectivity index (χ2n) is 8.94. The van der Waals surface area contributed by atoms with Crippen molar-refractivity contribution in [2.45, 2.75) is 19.4 Å². The third-order valence-electron chi connectivity index (χ3n) is 6.50. The van der Waals surface area contributed by atoms with E-state index < -0.39 is 12.0 Å². The van der Waals surface area contributed by atoms with Crippen LogP contribution in [-0.2, 0) is 9.53 Å². The Balaban J connectivity index is 1.67. The standard InChI is InChI=1S/C27H30Cl2N4O5/c1-3-10-33-21(17-31-11-6-12-32(14-13-31)25(34)22-7-5-15-38-22)23(26(35)37-4-2)24(30-27(33)36)18-8-9-19(28)20(29)16-18/h3,5,7-9,15-16,24H,1,4,6,10-14,17H2,2H3,(H,30,36). The summed E-state index contributed by atoms with van der Waals surface area (Å²) in [4.78, 5) is 44.8. The van der Waals surface area contributed by atoms with Crippen molar-refractivity contribution in [3.8, 4) is 0 Å². The number of carbonyl (C=O) groups excluding carboxylic acids is 3. The van der Waals surface area contributed by atoms with Gasteiger partial charge in [0.1, 0.15) is 0 Å². The number of rotatable bonds is 8. The van der Waals surface area contributed by atoms with E-state index in [2.05, 4.69) is 16.8 Å². The molecule has 1 atom stereocenters. The lowest BCUT2D eigenvalue weighted by Gasteiger charge is -2.38. The van der Waals surface area contributed by atoms with Gasteiger partial charge in [0.25, 0.3) is 5.91 Å². The summed E-state index contributed by atoms with van der Waals surface area (Å²) in [5.74, 6) is -0.387. The van der Waals surface area contributed by atoms with E-state index in [1.54, 1.807) is 48.2 Å². The number of carbonyl (C=O) groups is 3. The molecule has 1 unspecified atom stereocenters. The largest absolute Gasteiger partial charge is 0.463 e. The highest BCUT2D eigenvalue weighted by Gasteiger charge is 2.39. The summed E-state index contributed by atoms with van der Waals surface area (Å²) in [6.45, 7) is 8.46. The molecule has 202 valence electrons. The Bertz CT molecular complexity index is 1230. The van der Waals surface area contributed by atoms with Gasteiger partial charge in [0.2, 0.25) is 0 Å². The van der Waals surface area contributed by atoms with E-state index in [-0.39, 0.29) is 25.1 Å². The number of nitrogens with zero attached hydrogens (tertiary/aromatic N) is 3. The van der Waals surface area contributed by atoms with Gasteiger partial charge in [0.15, 0.2) is 5.76 Å². The third-order valence-corrected chi connectivity index (χ3v) is 7.24. The minimum atomic E-state index is -0.781. The number of esters is 1. The molecule has 0 spiro atoms. The Morgan fingerprint density at radius 1 is 1.18 bits per heavy atom. The monoisotopic (exact) mass is 560 g/mol. The molecule has 2 aliphatic heterocycles. The van der Waals surface area contributed by atoms with E-state index in [1.165, 1.54) is 11.2 Å². The summed E-state index contributed by atoms with van der Waals surface area (Å²) < 4.78 is 10.7. The molecule has 1 aromatic carbocycles. The van der Waals surface area contributed by atoms with Gasteiger partial charge in [-0.1, -0.05) is 35.3 Å². The maximum absolute atomic E-state index is 13.4. The normalized spacial score (nSPS) is 18.7. The third kappa shape index (κ3) is 6.06. The SMILES string of the molecule is C=CCN1C(=O)NC(c2ccc(Cl)c(Cl)c2)C(C(=O)OCC)=C1CN1CCCN(C(=O)c2ccco2)CC1. The number of benzene rings is 1. The van der Waals surface area contributed by atoms with E-state index in [4.69, 9.17) is 32.4 Å². The van der Waals surface area contributed by atoms with Crippen molar-refractivity contribution >= 4 is 41.1 Å². The van der Waals surface area contributed by atoms with Crippen LogP contribution < -0.4 is 5.32 Å². The Kier molecular flexibility index (Phi) is 9.14. The molecule has 1 aromatic heterocycles. The first-order chi connectivity index (χ1) is 18.3. The molecule has 4 rings (SSSR count). The lowest BCUT2D eigenvalue weighted by atomic mass is 9.94. The smallest absolute Gasteiger partial charge is 0.338 e. The molecule has 1 fully saturated rings. The average Bonchev–Trinajstić information content (AvgIpc) is 3.34. The molecule has 0 bridgehead atoms. The van der Waals surface area contributed by atoms with E-state index >= 15 is 0 Å². The molecule has 9 nitrogen and oxygen atoms in total. The fourth-order valence-electron chi connectivity index (χ4n) is 4.69. The zero-order valence-electron chi connectivity index (χ0n) is 21.1. The summed E-state index contributed by atoms with van der Waals surface area (Å²) in [6.07, 6.45) is 3.81. The van der Waals surface area contributed by atoms with Crippen molar-refractivity contribution in [1.29, 1.82) is 0 Å². The summed E-state index contributed by atoms with van der Waals surface area (Å²) in [5, 5.41) is 3.60. The van der Waals surface area contributed by atoms with Gasteiger partial charge in [-0.2, -0.15) is 0 Å². The highest BCUT2D eigenvalue weighted by atomic mass is 35.5. The van der Waals surface area contributed by atoms with E-state index in [9.17, 15) is 14.4 Å². The first kappa shape index (κ1) is 27.8. The van der Waals surface area contributed by atoms with Gasteiger partial charge >= 0.3 is 12.0 Å². The van der Waals surface area contributed by atoms with Crippen LogP contribution in [-0.4, -0.2) is 78.5 Å². The summed E-state index contributed by atoms with van der Waals surface area (Å²) in [6, 6.07) is 7.18. The molecule has 38 heavy (non-hydrogen) atoms. The van der Waals surface area contributed by atoms with Gasteiger partial charge in [0, 0.05) is 45.0 Å². The maximum Gasteiger partial charge on any atom is 0.338 e. The minimum absolute atomic E-state index is 0.159. The summed E-state index contributed by atoms with van der Waals surface area (Å²) in [5.41, 5.74) is 1.45. The highest BCUT2D eigenvalue weighted by Crippen LogP contribution is 2.35. The van der Waals surface area contributed by atoms with Crippen LogP contribution in [0.2, 0.25) is 10.0 Å². The van der Waals surface area contributed by atoms with Gasteiger partial charge in [-0.15, -0.1) is 6.58 Å². The van der Waals surface area contributed by atoms with Crippen LogP contribution in [0.4, 0.5) is 4.79 Å². The predicted octanol–water partition coefficient (Wildman–Crippen LogP) is 4.50. The van der Waals surface area contributed by atoms with Crippen molar-refractivity contribution in [3.63, 3.8) is 0 Å². The quantitative estimate of drug-likeness (QED) is 0.377. The summed E-state index contributed by atoms with van der Waals surface area (Å²) in [7, 11) is 0. The summed E-state index contributed by atoms with van der Waals surface area (Å²) >= 11 is 12.4. The van der Waals surface area contributed by atoms with E-state index in [0.29, 0.717) is 65.4 Å². The minimum Gasteiger partial charge on any atom is -0.463 e. The van der Waals surface area contributed by atoms with Gasteiger partial charge < -0.3 is 19.4 Å². The van der Waals surface area contributed by atoms with Gasteiger partial charge in [0.05, 0.1) is 34.5 Å². The van der Waals surface area contributed by atoms with Crippen molar-refractivity contribution < 1.29 is 23.5 Å². The van der Waals surface area contributed by atoms with Crippen LogP contribution in [0.3, 0.4) is 0 Å². The van der Waals surface area contributed by atoms with Crippen LogP contribution in [0.25, 0.3) is 0 Å². The van der Waals surface area contributed by atoms with Crippen molar-refractivity contribution in [2.24, 2.45) is 0 Å². The van der Waals surface area contributed by atoms with Crippen molar-refractivity contribution in [2.75, 3.05) is 45.9 Å². The molecule has 0 aliphatic carbocycles. The number of hydrogen-bond acceptors (Lipinski definition) is 6. The number of furan rings is 1. The molecule has 3 amide bonds. The van der Waals surface area contributed by atoms with E-state index in [0.717, 1.165) is 6.42 Å². The molecule has 0 radical (unpaired) electrons. The first-order valence-corrected chi connectivity index (χ1v) is 13.2. The zero-order chi connectivity index (χ0) is 27.2.